The molecular formula is C28H37N7O3. The molecule has 0 atom stereocenters. The van der Waals surface area contributed by atoms with E-state index in [2.05, 4.69) is 52.8 Å². The van der Waals surface area contributed by atoms with Gasteiger partial charge in [0.2, 0.25) is 5.91 Å². The summed E-state index contributed by atoms with van der Waals surface area (Å²) in [6.07, 6.45) is 9.14. The van der Waals surface area contributed by atoms with E-state index in [9.17, 15) is 9.59 Å². The summed E-state index contributed by atoms with van der Waals surface area (Å²) in [7, 11) is 1.77. The number of benzene rings is 1. The third-order valence-corrected chi connectivity index (χ3v) is 6.55. The Bertz CT molecular complexity index is 1260. The van der Waals surface area contributed by atoms with E-state index in [1.54, 1.807) is 19.0 Å². The number of nitrogens with one attached hydrogen (secondary N) is 2. The molecule has 2 aromatic rings. The summed E-state index contributed by atoms with van der Waals surface area (Å²) >= 11 is 0. The van der Waals surface area contributed by atoms with Gasteiger partial charge in [-0.2, -0.15) is 4.98 Å². The summed E-state index contributed by atoms with van der Waals surface area (Å²) in [5, 5.41) is 13.7. The number of carbonyl (C=O) groups excluding carboxylic acids is 2. The number of fused-ring (bicyclic) bond motifs is 1. The number of rotatable bonds is 11. The second-order valence-electron chi connectivity index (χ2n) is 9.96. The maximum Gasteiger partial charge on any atom is 0.260 e. The lowest BCUT2D eigenvalue weighted by molar-refractivity contribution is -0.139. The Hall–Kier alpha value is -3.92. The highest BCUT2D eigenvalue weighted by Crippen LogP contribution is 2.29. The third-order valence-electron chi connectivity index (χ3n) is 6.55. The molecule has 2 amide bonds. The quantitative estimate of drug-likeness (QED) is 0.437. The van der Waals surface area contributed by atoms with Crippen molar-refractivity contribution in [3.63, 3.8) is 0 Å². The molecule has 10 nitrogen and oxygen atoms in total. The van der Waals surface area contributed by atoms with E-state index in [1.807, 2.05) is 41.2 Å². The molecule has 2 N–H and O–H groups in total. The van der Waals surface area contributed by atoms with Crippen molar-refractivity contribution in [1.82, 2.24) is 30.8 Å². The van der Waals surface area contributed by atoms with Gasteiger partial charge in [0.25, 0.3) is 11.8 Å². The molecule has 0 unspecified atom stereocenters. The van der Waals surface area contributed by atoms with Gasteiger partial charge in [0, 0.05) is 43.6 Å². The summed E-state index contributed by atoms with van der Waals surface area (Å²) in [6, 6.07) is 6.07. The van der Waals surface area contributed by atoms with Gasteiger partial charge >= 0.3 is 0 Å². The van der Waals surface area contributed by atoms with Crippen LogP contribution >= 0.6 is 0 Å². The Morgan fingerprint density at radius 1 is 1.16 bits per heavy atom. The summed E-state index contributed by atoms with van der Waals surface area (Å²) < 4.78 is 5.36. The lowest BCUT2D eigenvalue weighted by atomic mass is 10.0. The molecule has 0 saturated heterocycles. The molecule has 0 saturated carbocycles. The molecule has 4 rings (SSSR count). The van der Waals surface area contributed by atoms with Crippen LogP contribution in [-0.4, -0.2) is 77.8 Å². The van der Waals surface area contributed by atoms with Crippen molar-refractivity contribution < 1.29 is 14.1 Å². The smallest absolute Gasteiger partial charge is 0.260 e. The molecule has 1 aromatic heterocycles. The lowest BCUT2D eigenvalue weighted by Gasteiger charge is -2.32. The standard InChI is InChI=1S/C28H37N7O3/c1-19(2)29-12-13-30-26(36)17-34(25-14-22(11-10-20(25)3)28-31-21(4)32-38-28)18-27(37)33(5)35-15-23-8-6-7-9-24(23)16-35/h6-8,10-11,14,16,19,29H,9,12-13,15,17-18H2,1-5H3,(H,30,36). The summed E-state index contributed by atoms with van der Waals surface area (Å²) in [5.41, 5.74) is 4.86. The zero-order valence-corrected chi connectivity index (χ0v) is 22.8. The van der Waals surface area contributed by atoms with E-state index >= 15 is 0 Å². The van der Waals surface area contributed by atoms with E-state index in [0.717, 1.165) is 23.2 Å². The molecule has 202 valence electrons. The SMILES string of the molecule is Cc1noc(-c2ccc(C)c(N(CC(=O)NCCNC(C)C)CC(=O)N(C)N3C=C4CC=CC=C4C3)c2)n1. The van der Waals surface area contributed by atoms with Crippen molar-refractivity contribution >= 4 is 17.5 Å². The van der Waals surface area contributed by atoms with Crippen LogP contribution in [0, 0.1) is 13.8 Å². The van der Waals surface area contributed by atoms with Gasteiger partial charge < -0.3 is 20.1 Å². The van der Waals surface area contributed by atoms with Crippen LogP contribution in [0.4, 0.5) is 5.69 Å². The highest BCUT2D eigenvalue weighted by atomic mass is 16.5. The summed E-state index contributed by atoms with van der Waals surface area (Å²) in [4.78, 5) is 32.6. The molecule has 0 spiro atoms. The monoisotopic (exact) mass is 519 g/mol. The van der Waals surface area contributed by atoms with Crippen LogP contribution in [0.5, 0.6) is 0 Å². The first kappa shape index (κ1) is 27.1. The number of hydrogen-bond acceptors (Lipinski definition) is 8. The van der Waals surface area contributed by atoms with E-state index in [0.29, 0.717) is 37.4 Å². The van der Waals surface area contributed by atoms with Crippen LogP contribution in [-0.2, 0) is 9.59 Å². The number of aromatic nitrogens is 2. The van der Waals surface area contributed by atoms with Crippen molar-refractivity contribution in [2.45, 2.75) is 40.2 Å². The molecule has 2 aliphatic rings. The normalized spacial score (nSPS) is 14.3. The maximum absolute atomic E-state index is 13.5. The predicted molar refractivity (Wildman–Crippen MR) is 147 cm³/mol. The Morgan fingerprint density at radius 2 is 1.97 bits per heavy atom. The van der Waals surface area contributed by atoms with Gasteiger partial charge in [-0.15, -0.1) is 0 Å². The lowest BCUT2D eigenvalue weighted by Crippen LogP contribution is -2.48. The number of allylic oxidation sites excluding steroid dienone is 3. The summed E-state index contributed by atoms with van der Waals surface area (Å²) in [5.74, 6) is 0.650. The largest absolute Gasteiger partial charge is 0.353 e. The Balaban J connectivity index is 1.52. The minimum Gasteiger partial charge on any atom is -0.353 e. The fraction of sp³-hybridized carbons (Fsp3) is 0.429. The third kappa shape index (κ3) is 6.69. The molecule has 1 aromatic carbocycles. The zero-order chi connectivity index (χ0) is 27.2. The second kappa shape index (κ2) is 12.1. The number of likely N-dealkylation sites (N-methyl/N-ethyl adjacent to an activating group) is 1. The molecule has 1 aliphatic heterocycles. The maximum atomic E-state index is 13.5. The minimum atomic E-state index is -0.157. The number of amides is 2. The van der Waals surface area contributed by atoms with Gasteiger partial charge in [0.1, 0.15) is 0 Å². The average Bonchev–Trinajstić information content (AvgIpc) is 3.52. The van der Waals surface area contributed by atoms with Crippen LogP contribution in [0.25, 0.3) is 11.5 Å². The van der Waals surface area contributed by atoms with E-state index in [1.165, 1.54) is 11.1 Å². The second-order valence-corrected chi connectivity index (χ2v) is 9.96. The van der Waals surface area contributed by atoms with Crippen LogP contribution in [0.3, 0.4) is 0 Å². The number of nitrogens with zero attached hydrogens (tertiary/aromatic N) is 5. The molecule has 0 fully saturated rings. The van der Waals surface area contributed by atoms with Crippen LogP contribution < -0.4 is 15.5 Å². The van der Waals surface area contributed by atoms with Crippen LogP contribution in [0.1, 0.15) is 31.7 Å². The average molecular weight is 520 g/mol. The zero-order valence-electron chi connectivity index (χ0n) is 22.8. The first-order valence-electron chi connectivity index (χ1n) is 13.0. The van der Waals surface area contributed by atoms with Crippen LogP contribution in [0.2, 0.25) is 0 Å². The Labute approximate surface area is 224 Å². The fourth-order valence-electron chi connectivity index (χ4n) is 4.42. The first-order chi connectivity index (χ1) is 18.2. The highest BCUT2D eigenvalue weighted by molar-refractivity contribution is 5.87. The van der Waals surface area contributed by atoms with E-state index < -0.39 is 0 Å². The number of aryl methyl sites for hydroxylation is 2. The van der Waals surface area contributed by atoms with Gasteiger partial charge in [0.15, 0.2) is 5.82 Å². The molecular weight excluding hydrogens is 482 g/mol. The fourth-order valence-corrected chi connectivity index (χ4v) is 4.42. The highest BCUT2D eigenvalue weighted by Gasteiger charge is 2.26. The molecule has 0 radical (unpaired) electrons. The van der Waals surface area contributed by atoms with Crippen molar-refractivity contribution in [2.75, 3.05) is 44.7 Å². The molecule has 1 aliphatic carbocycles. The van der Waals surface area contributed by atoms with Gasteiger partial charge in [0.05, 0.1) is 19.6 Å². The first-order valence-corrected chi connectivity index (χ1v) is 13.0. The van der Waals surface area contributed by atoms with Gasteiger partial charge in [-0.25, -0.2) is 0 Å². The van der Waals surface area contributed by atoms with Gasteiger partial charge in [-0.1, -0.05) is 43.3 Å². The molecule has 0 bridgehead atoms. The topological polar surface area (TPSA) is 107 Å². The van der Waals surface area contributed by atoms with E-state index in [-0.39, 0.29) is 24.9 Å². The summed E-state index contributed by atoms with van der Waals surface area (Å²) in [6.45, 7) is 9.72. The van der Waals surface area contributed by atoms with Crippen molar-refractivity contribution in [1.29, 1.82) is 0 Å². The van der Waals surface area contributed by atoms with Crippen molar-refractivity contribution in [3.8, 4) is 11.5 Å². The van der Waals surface area contributed by atoms with E-state index in [4.69, 9.17) is 4.52 Å². The molecule has 10 heteroatoms. The predicted octanol–water partition coefficient (Wildman–Crippen LogP) is 2.73. The number of hydrazine groups is 1. The van der Waals surface area contributed by atoms with Gasteiger partial charge in [-0.05, 0) is 49.1 Å². The van der Waals surface area contributed by atoms with Crippen LogP contribution in [0.15, 0.2) is 58.3 Å². The molecule has 2 heterocycles. The Morgan fingerprint density at radius 3 is 2.68 bits per heavy atom. The Kier molecular flexibility index (Phi) is 8.62. The van der Waals surface area contributed by atoms with Crippen molar-refractivity contribution in [2.24, 2.45) is 0 Å². The number of anilines is 1. The number of hydrogen-bond donors (Lipinski definition) is 2. The minimum absolute atomic E-state index is 0.0261. The number of carbonyl (C=O) groups is 2. The molecule has 38 heavy (non-hydrogen) atoms. The van der Waals surface area contributed by atoms with Gasteiger partial charge in [-0.3, -0.25) is 19.6 Å². The van der Waals surface area contributed by atoms with Crippen molar-refractivity contribution in [3.05, 3.63) is 65.2 Å².